The molecule has 1 heterocycles. The number of rotatable bonds is 5. The fraction of sp³-hybridized carbons (Fsp3) is 0.647. The van der Waals surface area contributed by atoms with Gasteiger partial charge < -0.3 is 10.6 Å². The molecule has 0 radical (unpaired) electrons. The van der Waals surface area contributed by atoms with Gasteiger partial charge in [0.15, 0.2) is 0 Å². The molecule has 0 saturated heterocycles. The zero-order chi connectivity index (χ0) is 15.2. The van der Waals surface area contributed by atoms with Gasteiger partial charge in [-0.1, -0.05) is 26.2 Å². The van der Waals surface area contributed by atoms with E-state index in [0.29, 0.717) is 17.5 Å². The number of hydrogen-bond acceptors (Lipinski definition) is 3. The van der Waals surface area contributed by atoms with E-state index >= 15 is 0 Å². The maximum atomic E-state index is 12.5. The molecule has 4 heteroatoms. The van der Waals surface area contributed by atoms with Crippen LogP contribution >= 0.6 is 0 Å². The van der Waals surface area contributed by atoms with E-state index in [4.69, 9.17) is 0 Å². The van der Waals surface area contributed by atoms with E-state index in [1.54, 1.807) is 0 Å². The van der Waals surface area contributed by atoms with Gasteiger partial charge in [0, 0.05) is 23.8 Å². The first-order valence-electron chi connectivity index (χ1n) is 8.17. The molecule has 1 aliphatic carbocycles. The topological polar surface area (TPSA) is 54.0 Å². The SMILES string of the molecule is CCNc1cc(C(=O)NC2CCCCC2CC)cc(C)n1. The third kappa shape index (κ3) is 4.19. The molecule has 2 atom stereocenters. The van der Waals surface area contributed by atoms with Crippen LogP contribution in [0, 0.1) is 12.8 Å². The lowest BCUT2D eigenvalue weighted by Gasteiger charge is -2.31. The molecule has 1 aromatic rings. The maximum absolute atomic E-state index is 12.5. The van der Waals surface area contributed by atoms with E-state index in [1.807, 2.05) is 26.0 Å². The Morgan fingerprint density at radius 1 is 1.29 bits per heavy atom. The highest BCUT2D eigenvalue weighted by atomic mass is 16.1. The monoisotopic (exact) mass is 289 g/mol. The molecule has 2 N–H and O–H groups in total. The van der Waals surface area contributed by atoms with Crippen molar-refractivity contribution in [1.29, 1.82) is 0 Å². The van der Waals surface area contributed by atoms with Crippen molar-refractivity contribution in [3.63, 3.8) is 0 Å². The molecule has 1 saturated carbocycles. The molecule has 0 bridgehead atoms. The van der Waals surface area contributed by atoms with Crippen LogP contribution < -0.4 is 10.6 Å². The summed E-state index contributed by atoms with van der Waals surface area (Å²) in [5, 5.41) is 6.41. The highest BCUT2D eigenvalue weighted by Gasteiger charge is 2.25. The van der Waals surface area contributed by atoms with Gasteiger partial charge in [0.1, 0.15) is 5.82 Å². The zero-order valence-electron chi connectivity index (χ0n) is 13.4. The Bertz CT molecular complexity index is 487. The summed E-state index contributed by atoms with van der Waals surface area (Å²) in [6, 6.07) is 4.03. The van der Waals surface area contributed by atoms with Crippen molar-refractivity contribution in [2.75, 3.05) is 11.9 Å². The van der Waals surface area contributed by atoms with Gasteiger partial charge >= 0.3 is 0 Å². The number of nitrogens with one attached hydrogen (secondary N) is 2. The lowest BCUT2D eigenvalue weighted by molar-refractivity contribution is 0.0904. The van der Waals surface area contributed by atoms with Crippen LogP contribution in [-0.2, 0) is 0 Å². The molecule has 1 aromatic heterocycles. The number of pyridine rings is 1. The first kappa shape index (κ1) is 15.8. The van der Waals surface area contributed by atoms with Crippen molar-refractivity contribution in [2.45, 2.75) is 58.9 Å². The average Bonchev–Trinajstić information content (AvgIpc) is 2.47. The fourth-order valence-electron chi connectivity index (χ4n) is 3.21. The number of anilines is 1. The molecule has 4 nitrogen and oxygen atoms in total. The van der Waals surface area contributed by atoms with E-state index in [-0.39, 0.29) is 5.91 Å². The first-order chi connectivity index (χ1) is 10.1. The number of aryl methyl sites for hydroxylation is 1. The highest BCUT2D eigenvalue weighted by molar-refractivity contribution is 5.95. The fourth-order valence-corrected chi connectivity index (χ4v) is 3.21. The molecule has 0 aliphatic heterocycles. The molecule has 1 fully saturated rings. The van der Waals surface area contributed by atoms with Crippen molar-refractivity contribution >= 4 is 11.7 Å². The summed E-state index contributed by atoms with van der Waals surface area (Å²) in [7, 11) is 0. The lowest BCUT2D eigenvalue weighted by atomic mass is 9.83. The quantitative estimate of drug-likeness (QED) is 0.872. The summed E-state index contributed by atoms with van der Waals surface area (Å²) in [6.45, 7) is 6.97. The molecule has 1 amide bonds. The molecule has 116 valence electrons. The summed E-state index contributed by atoms with van der Waals surface area (Å²) in [4.78, 5) is 16.9. The van der Waals surface area contributed by atoms with E-state index in [0.717, 1.165) is 30.9 Å². The largest absolute Gasteiger partial charge is 0.370 e. The third-order valence-electron chi connectivity index (χ3n) is 4.32. The molecule has 0 spiro atoms. The van der Waals surface area contributed by atoms with Crippen molar-refractivity contribution in [2.24, 2.45) is 5.92 Å². The van der Waals surface area contributed by atoms with Gasteiger partial charge in [0.2, 0.25) is 0 Å². The van der Waals surface area contributed by atoms with Gasteiger partial charge in [-0.05, 0) is 44.7 Å². The minimum absolute atomic E-state index is 0.0324. The van der Waals surface area contributed by atoms with Crippen molar-refractivity contribution < 1.29 is 4.79 Å². The maximum Gasteiger partial charge on any atom is 0.251 e. The second-order valence-corrected chi connectivity index (χ2v) is 5.95. The van der Waals surface area contributed by atoms with Gasteiger partial charge in [-0.3, -0.25) is 4.79 Å². The summed E-state index contributed by atoms with van der Waals surface area (Å²) in [5.74, 6) is 1.43. The third-order valence-corrected chi connectivity index (χ3v) is 4.32. The van der Waals surface area contributed by atoms with Gasteiger partial charge in [0.05, 0.1) is 0 Å². The highest BCUT2D eigenvalue weighted by Crippen LogP contribution is 2.27. The van der Waals surface area contributed by atoms with Gasteiger partial charge in [-0.25, -0.2) is 4.98 Å². The predicted molar refractivity (Wildman–Crippen MR) is 86.6 cm³/mol. The van der Waals surface area contributed by atoms with Crippen LogP contribution in [0.5, 0.6) is 0 Å². The van der Waals surface area contributed by atoms with Gasteiger partial charge in [0.25, 0.3) is 5.91 Å². The first-order valence-corrected chi connectivity index (χ1v) is 8.17. The van der Waals surface area contributed by atoms with Crippen molar-refractivity contribution in [3.05, 3.63) is 23.4 Å². The molecule has 21 heavy (non-hydrogen) atoms. The summed E-state index contributed by atoms with van der Waals surface area (Å²) < 4.78 is 0. The van der Waals surface area contributed by atoms with Gasteiger partial charge in [-0.2, -0.15) is 0 Å². The number of carbonyl (C=O) groups is 1. The minimum atomic E-state index is 0.0324. The van der Waals surface area contributed by atoms with Crippen LogP contribution in [0.3, 0.4) is 0 Å². The molecule has 0 aromatic carbocycles. The van der Waals surface area contributed by atoms with E-state index in [9.17, 15) is 4.79 Å². The smallest absolute Gasteiger partial charge is 0.251 e. The van der Waals surface area contributed by atoms with Crippen LogP contribution in [0.15, 0.2) is 12.1 Å². The number of aromatic nitrogens is 1. The predicted octanol–water partition coefficient (Wildman–Crippen LogP) is 3.52. The van der Waals surface area contributed by atoms with E-state index in [2.05, 4.69) is 22.5 Å². The summed E-state index contributed by atoms with van der Waals surface area (Å²) in [6.07, 6.45) is 6.00. The number of nitrogens with zero attached hydrogens (tertiary/aromatic N) is 1. The standard InChI is InChI=1S/C17H27N3O/c1-4-13-8-6-7-9-15(13)20-17(21)14-10-12(3)19-16(11-14)18-5-2/h10-11,13,15H,4-9H2,1-3H3,(H,18,19)(H,20,21). The van der Waals surface area contributed by atoms with Gasteiger partial charge in [-0.15, -0.1) is 0 Å². The second-order valence-electron chi connectivity index (χ2n) is 5.95. The zero-order valence-corrected chi connectivity index (χ0v) is 13.4. The Balaban J connectivity index is 2.08. The number of hydrogen-bond donors (Lipinski definition) is 2. The van der Waals surface area contributed by atoms with Crippen LogP contribution in [0.2, 0.25) is 0 Å². The van der Waals surface area contributed by atoms with E-state index in [1.165, 1.54) is 19.3 Å². The van der Waals surface area contributed by atoms with Crippen LogP contribution in [0.1, 0.15) is 62.0 Å². The minimum Gasteiger partial charge on any atom is -0.370 e. The molecule has 2 unspecified atom stereocenters. The molecular weight excluding hydrogens is 262 g/mol. The van der Waals surface area contributed by atoms with Crippen LogP contribution in [0.25, 0.3) is 0 Å². The van der Waals surface area contributed by atoms with Crippen LogP contribution in [-0.4, -0.2) is 23.5 Å². The van der Waals surface area contributed by atoms with E-state index < -0.39 is 0 Å². The molecule has 1 aliphatic rings. The summed E-state index contributed by atoms with van der Waals surface area (Å²) in [5.41, 5.74) is 1.58. The van der Waals surface area contributed by atoms with Crippen molar-refractivity contribution in [3.8, 4) is 0 Å². The summed E-state index contributed by atoms with van der Waals surface area (Å²) >= 11 is 0. The second kappa shape index (κ2) is 7.43. The Kier molecular flexibility index (Phi) is 5.59. The Morgan fingerprint density at radius 2 is 2.05 bits per heavy atom. The normalized spacial score (nSPS) is 21.9. The average molecular weight is 289 g/mol. The Hall–Kier alpha value is -1.58. The Morgan fingerprint density at radius 3 is 2.76 bits per heavy atom. The van der Waals surface area contributed by atoms with Crippen LogP contribution in [0.4, 0.5) is 5.82 Å². The Labute approximate surface area is 127 Å². The number of carbonyl (C=O) groups excluding carboxylic acids is 1. The molecule has 2 rings (SSSR count). The van der Waals surface area contributed by atoms with Crippen molar-refractivity contribution in [1.82, 2.24) is 10.3 Å². The lowest BCUT2D eigenvalue weighted by Crippen LogP contribution is -2.42. The molecular formula is C17H27N3O. The number of amides is 1.